The molecule has 0 aliphatic rings. The Bertz CT molecular complexity index is 533. The van der Waals surface area contributed by atoms with Crippen molar-refractivity contribution in [2.75, 3.05) is 13.7 Å². The first-order chi connectivity index (χ1) is 9.42. The Balaban J connectivity index is 2.48. The van der Waals surface area contributed by atoms with Gasteiger partial charge in [0.1, 0.15) is 0 Å². The van der Waals surface area contributed by atoms with Crippen LogP contribution in [-0.2, 0) is 20.7 Å². The molecule has 0 heterocycles. The Hall–Kier alpha value is -2.64. The molecule has 0 radical (unpaired) electrons. The lowest BCUT2D eigenvalue weighted by atomic mass is 10.1. The van der Waals surface area contributed by atoms with Gasteiger partial charge < -0.3 is 15.2 Å². The van der Waals surface area contributed by atoms with Gasteiger partial charge in [0, 0.05) is 0 Å². The SMILES string of the molecule is COc1ccc(CC(=O)OCC(=O)NC(N)=O)cc1F. The molecule has 0 saturated carbocycles. The molecule has 0 bridgehead atoms. The first-order valence-electron chi connectivity index (χ1n) is 5.49. The van der Waals surface area contributed by atoms with Crippen LogP contribution in [-0.4, -0.2) is 31.6 Å². The van der Waals surface area contributed by atoms with E-state index in [0.717, 1.165) is 6.07 Å². The Kier molecular flexibility index (Phi) is 5.45. The molecule has 0 aromatic heterocycles. The van der Waals surface area contributed by atoms with Gasteiger partial charge >= 0.3 is 12.0 Å². The van der Waals surface area contributed by atoms with Crippen molar-refractivity contribution in [3.63, 3.8) is 0 Å². The van der Waals surface area contributed by atoms with Crippen LogP contribution in [0.3, 0.4) is 0 Å². The van der Waals surface area contributed by atoms with E-state index in [-0.39, 0.29) is 12.2 Å². The van der Waals surface area contributed by atoms with Crippen molar-refractivity contribution >= 4 is 17.9 Å². The molecule has 1 aromatic rings. The Morgan fingerprint density at radius 2 is 2.05 bits per heavy atom. The van der Waals surface area contributed by atoms with Crippen molar-refractivity contribution < 1.29 is 28.2 Å². The van der Waals surface area contributed by atoms with Crippen LogP contribution in [0.2, 0.25) is 0 Å². The van der Waals surface area contributed by atoms with Gasteiger partial charge in [0.25, 0.3) is 5.91 Å². The van der Waals surface area contributed by atoms with Crippen LogP contribution in [0.25, 0.3) is 0 Å². The molecule has 0 spiro atoms. The number of ether oxygens (including phenoxy) is 2. The van der Waals surface area contributed by atoms with Gasteiger partial charge in [-0.15, -0.1) is 0 Å². The summed E-state index contributed by atoms with van der Waals surface area (Å²) in [6.07, 6.45) is -0.217. The minimum absolute atomic E-state index is 0.0583. The van der Waals surface area contributed by atoms with Gasteiger partial charge in [-0.05, 0) is 17.7 Å². The molecule has 8 heteroatoms. The van der Waals surface area contributed by atoms with E-state index < -0.39 is 30.3 Å². The number of methoxy groups -OCH3 is 1. The first-order valence-corrected chi connectivity index (χ1v) is 5.49. The van der Waals surface area contributed by atoms with Crippen molar-refractivity contribution in [2.45, 2.75) is 6.42 Å². The van der Waals surface area contributed by atoms with Crippen LogP contribution in [0.15, 0.2) is 18.2 Å². The summed E-state index contributed by atoms with van der Waals surface area (Å²) < 4.78 is 22.7. The number of benzene rings is 1. The molecule has 7 nitrogen and oxygen atoms in total. The summed E-state index contributed by atoms with van der Waals surface area (Å²) in [5, 5.41) is 1.73. The van der Waals surface area contributed by atoms with E-state index in [1.807, 2.05) is 0 Å². The summed E-state index contributed by atoms with van der Waals surface area (Å²) in [5.74, 6) is -2.13. The van der Waals surface area contributed by atoms with Gasteiger partial charge in [0.15, 0.2) is 18.2 Å². The number of nitrogens with two attached hydrogens (primary N) is 1. The zero-order valence-electron chi connectivity index (χ0n) is 10.6. The standard InChI is InChI=1S/C12H13FN2O5/c1-19-9-3-2-7(4-8(9)13)5-11(17)20-6-10(16)15-12(14)18/h2-4H,5-6H2,1H3,(H3,14,15,16,18). The molecule has 1 rings (SSSR count). The van der Waals surface area contributed by atoms with Crippen molar-refractivity contribution in [3.8, 4) is 5.75 Å². The summed E-state index contributed by atoms with van der Waals surface area (Å²) in [6, 6.07) is 2.96. The van der Waals surface area contributed by atoms with Crippen LogP contribution >= 0.6 is 0 Å². The topological polar surface area (TPSA) is 108 Å². The predicted molar refractivity (Wildman–Crippen MR) is 65.3 cm³/mol. The maximum Gasteiger partial charge on any atom is 0.318 e. The third kappa shape index (κ3) is 4.92. The first kappa shape index (κ1) is 15.4. The monoisotopic (exact) mass is 284 g/mol. The van der Waals surface area contributed by atoms with Crippen molar-refractivity contribution in [1.82, 2.24) is 5.32 Å². The van der Waals surface area contributed by atoms with Crippen molar-refractivity contribution in [1.29, 1.82) is 0 Å². The van der Waals surface area contributed by atoms with E-state index >= 15 is 0 Å². The van der Waals surface area contributed by atoms with Crippen LogP contribution in [0, 0.1) is 5.82 Å². The number of carbonyl (C=O) groups excluding carboxylic acids is 3. The fourth-order valence-corrected chi connectivity index (χ4v) is 1.36. The average Bonchev–Trinajstić information content (AvgIpc) is 2.36. The average molecular weight is 284 g/mol. The van der Waals surface area contributed by atoms with E-state index in [4.69, 9.17) is 10.5 Å². The molecule has 3 amide bonds. The number of halogens is 1. The molecular formula is C12H13FN2O5. The number of hydrogen-bond donors (Lipinski definition) is 2. The normalized spacial score (nSPS) is 9.70. The number of rotatable bonds is 5. The highest BCUT2D eigenvalue weighted by Crippen LogP contribution is 2.18. The highest BCUT2D eigenvalue weighted by molar-refractivity contribution is 5.94. The summed E-state index contributed by atoms with van der Waals surface area (Å²) in [4.78, 5) is 32.7. The minimum Gasteiger partial charge on any atom is -0.494 e. The number of esters is 1. The molecule has 0 aliphatic carbocycles. The predicted octanol–water partition coefficient (Wildman–Crippen LogP) is 0.115. The van der Waals surface area contributed by atoms with Crippen LogP contribution in [0.1, 0.15) is 5.56 Å². The largest absolute Gasteiger partial charge is 0.494 e. The number of urea groups is 1. The van der Waals surface area contributed by atoms with Crippen molar-refractivity contribution in [3.05, 3.63) is 29.6 Å². The Morgan fingerprint density at radius 3 is 2.60 bits per heavy atom. The van der Waals surface area contributed by atoms with E-state index in [2.05, 4.69) is 4.74 Å². The molecule has 0 fully saturated rings. The summed E-state index contributed by atoms with van der Waals surface area (Å²) in [6.45, 7) is -0.638. The van der Waals surface area contributed by atoms with Gasteiger partial charge in [-0.25, -0.2) is 9.18 Å². The zero-order valence-corrected chi connectivity index (χ0v) is 10.6. The summed E-state index contributed by atoms with van der Waals surface area (Å²) in [7, 11) is 1.32. The second kappa shape index (κ2) is 7.07. The zero-order chi connectivity index (χ0) is 15.1. The van der Waals surface area contributed by atoms with Gasteiger partial charge in [0.2, 0.25) is 0 Å². The Morgan fingerprint density at radius 1 is 1.35 bits per heavy atom. The second-order valence-electron chi connectivity index (χ2n) is 3.72. The fourth-order valence-electron chi connectivity index (χ4n) is 1.36. The molecule has 0 aliphatic heterocycles. The van der Waals surface area contributed by atoms with E-state index in [1.54, 1.807) is 5.32 Å². The van der Waals surface area contributed by atoms with Gasteiger partial charge in [0.05, 0.1) is 13.5 Å². The van der Waals surface area contributed by atoms with E-state index in [9.17, 15) is 18.8 Å². The quantitative estimate of drug-likeness (QED) is 0.746. The van der Waals surface area contributed by atoms with Gasteiger partial charge in [-0.1, -0.05) is 6.07 Å². The van der Waals surface area contributed by atoms with Gasteiger partial charge in [-0.3, -0.25) is 14.9 Å². The number of nitrogens with one attached hydrogen (secondary N) is 1. The summed E-state index contributed by atoms with van der Waals surface area (Å²) >= 11 is 0. The number of amides is 3. The number of imide groups is 1. The molecule has 1 aromatic carbocycles. The molecule has 0 unspecified atom stereocenters. The second-order valence-corrected chi connectivity index (χ2v) is 3.72. The molecule has 108 valence electrons. The summed E-state index contributed by atoms with van der Waals surface area (Å²) in [5.41, 5.74) is 5.07. The maximum atomic E-state index is 13.4. The Labute approximate surface area is 113 Å². The lowest BCUT2D eigenvalue weighted by Gasteiger charge is -2.06. The number of hydrogen-bond acceptors (Lipinski definition) is 5. The lowest BCUT2D eigenvalue weighted by molar-refractivity contribution is -0.147. The van der Waals surface area contributed by atoms with E-state index in [0.29, 0.717) is 5.56 Å². The third-order valence-electron chi connectivity index (χ3n) is 2.19. The molecule has 0 atom stereocenters. The molecule has 20 heavy (non-hydrogen) atoms. The van der Waals surface area contributed by atoms with Crippen LogP contribution in [0.5, 0.6) is 5.75 Å². The molecular weight excluding hydrogens is 271 g/mol. The molecule has 0 saturated heterocycles. The highest BCUT2D eigenvalue weighted by Gasteiger charge is 2.11. The van der Waals surface area contributed by atoms with Crippen LogP contribution < -0.4 is 15.8 Å². The number of carbonyl (C=O) groups is 3. The highest BCUT2D eigenvalue weighted by atomic mass is 19.1. The third-order valence-corrected chi connectivity index (χ3v) is 2.19. The number of primary amides is 1. The van der Waals surface area contributed by atoms with Gasteiger partial charge in [-0.2, -0.15) is 0 Å². The van der Waals surface area contributed by atoms with Crippen molar-refractivity contribution in [2.24, 2.45) is 5.73 Å². The maximum absolute atomic E-state index is 13.4. The van der Waals surface area contributed by atoms with E-state index in [1.165, 1.54) is 19.2 Å². The fraction of sp³-hybridized carbons (Fsp3) is 0.250. The molecule has 3 N–H and O–H groups in total. The lowest BCUT2D eigenvalue weighted by Crippen LogP contribution is -2.37. The minimum atomic E-state index is -1.04. The van der Waals surface area contributed by atoms with Crippen LogP contribution in [0.4, 0.5) is 9.18 Å². The smallest absolute Gasteiger partial charge is 0.318 e.